The van der Waals surface area contributed by atoms with Gasteiger partial charge in [0.25, 0.3) is 5.91 Å². The molecule has 9 heteroatoms. The molecular formula is C29H37N3O5S. The molecule has 0 N–H and O–H groups in total. The molecule has 0 aromatic heterocycles. The molecule has 3 heterocycles. The third-order valence-corrected chi connectivity index (χ3v) is 9.80. The van der Waals surface area contributed by atoms with Crippen LogP contribution in [-0.2, 0) is 26.0 Å². The molecule has 5 rings (SSSR count). The van der Waals surface area contributed by atoms with Gasteiger partial charge in [0.2, 0.25) is 15.9 Å². The van der Waals surface area contributed by atoms with E-state index in [1.165, 1.54) is 26.9 Å². The first-order valence-electron chi connectivity index (χ1n) is 13.6. The number of ether oxygens (including phenoxy) is 1. The lowest BCUT2D eigenvalue weighted by Gasteiger charge is -2.36. The number of carbonyl (C=O) groups excluding carboxylic acids is 2. The van der Waals surface area contributed by atoms with Crippen LogP contribution in [0.5, 0.6) is 5.75 Å². The van der Waals surface area contributed by atoms with E-state index in [0.29, 0.717) is 43.5 Å². The number of fused-ring (bicyclic) bond motifs is 1. The van der Waals surface area contributed by atoms with Gasteiger partial charge in [-0.25, -0.2) is 8.42 Å². The van der Waals surface area contributed by atoms with Crippen molar-refractivity contribution in [1.29, 1.82) is 0 Å². The van der Waals surface area contributed by atoms with Gasteiger partial charge in [-0.3, -0.25) is 14.5 Å². The van der Waals surface area contributed by atoms with Crippen molar-refractivity contribution < 1.29 is 22.7 Å². The van der Waals surface area contributed by atoms with Crippen molar-refractivity contribution in [3.63, 3.8) is 0 Å². The number of sulfonamides is 1. The third-order valence-electron chi connectivity index (χ3n) is 7.97. The number of carbonyl (C=O) groups is 2. The number of hydrogen-bond acceptors (Lipinski definition) is 5. The molecule has 2 amide bonds. The van der Waals surface area contributed by atoms with Gasteiger partial charge in [0.05, 0.1) is 10.6 Å². The highest BCUT2D eigenvalue weighted by Gasteiger charge is 2.35. The monoisotopic (exact) mass is 539 g/mol. The predicted octanol–water partition coefficient (Wildman–Crippen LogP) is 3.56. The number of likely N-dealkylation sites (tertiary alicyclic amines) is 1. The predicted molar refractivity (Wildman–Crippen MR) is 145 cm³/mol. The zero-order valence-electron chi connectivity index (χ0n) is 22.2. The Morgan fingerprint density at radius 1 is 1.00 bits per heavy atom. The van der Waals surface area contributed by atoms with Crippen molar-refractivity contribution in [2.24, 2.45) is 17.8 Å². The van der Waals surface area contributed by atoms with Gasteiger partial charge >= 0.3 is 0 Å². The van der Waals surface area contributed by atoms with Crippen LogP contribution in [0.1, 0.15) is 38.7 Å². The van der Waals surface area contributed by atoms with Crippen LogP contribution in [0.15, 0.2) is 53.4 Å². The van der Waals surface area contributed by atoms with E-state index >= 15 is 0 Å². The summed E-state index contributed by atoms with van der Waals surface area (Å²) in [6.07, 6.45) is 3.84. The van der Waals surface area contributed by atoms with Gasteiger partial charge in [-0.15, -0.1) is 0 Å². The number of anilines is 1. The van der Waals surface area contributed by atoms with E-state index in [-0.39, 0.29) is 41.7 Å². The zero-order valence-corrected chi connectivity index (χ0v) is 23.0. The molecule has 0 aliphatic carbocycles. The van der Waals surface area contributed by atoms with Crippen LogP contribution in [0.3, 0.4) is 0 Å². The number of nitrogens with zero attached hydrogens (tertiary/aromatic N) is 3. The number of benzene rings is 2. The van der Waals surface area contributed by atoms with Crippen molar-refractivity contribution in [1.82, 2.24) is 9.21 Å². The van der Waals surface area contributed by atoms with E-state index in [9.17, 15) is 18.0 Å². The molecule has 2 fully saturated rings. The number of rotatable bonds is 6. The lowest BCUT2D eigenvalue weighted by atomic mass is 9.90. The molecular weight excluding hydrogens is 502 g/mol. The molecule has 0 unspecified atom stereocenters. The van der Waals surface area contributed by atoms with Gasteiger partial charge in [0.1, 0.15) is 12.3 Å². The minimum atomic E-state index is -3.74. The van der Waals surface area contributed by atoms with Crippen LogP contribution in [0.4, 0.5) is 5.69 Å². The quantitative estimate of drug-likeness (QED) is 0.560. The fourth-order valence-corrected chi connectivity index (χ4v) is 7.74. The van der Waals surface area contributed by atoms with Crippen molar-refractivity contribution in [2.75, 3.05) is 44.2 Å². The number of amides is 2. The minimum Gasteiger partial charge on any atom is -0.482 e. The summed E-state index contributed by atoms with van der Waals surface area (Å²) in [5.74, 6) is 1.03. The first kappa shape index (κ1) is 26.7. The van der Waals surface area contributed by atoms with Gasteiger partial charge in [-0.05, 0) is 67.2 Å². The summed E-state index contributed by atoms with van der Waals surface area (Å²) < 4.78 is 34.1. The third kappa shape index (κ3) is 5.73. The SMILES string of the molecule is C[C@H]1C[C@H](C)CN(S(=O)(=O)c2ccc3c(c2)N(CC(=O)N2CCC(Cc4ccccc4)CC2)C(=O)CO3)C1. The Morgan fingerprint density at radius 3 is 2.37 bits per heavy atom. The molecule has 0 spiro atoms. The summed E-state index contributed by atoms with van der Waals surface area (Å²) >= 11 is 0. The van der Waals surface area contributed by atoms with E-state index in [1.807, 2.05) is 11.0 Å². The highest BCUT2D eigenvalue weighted by molar-refractivity contribution is 7.89. The molecule has 8 nitrogen and oxygen atoms in total. The van der Waals surface area contributed by atoms with Gasteiger partial charge in [-0.2, -0.15) is 4.31 Å². The van der Waals surface area contributed by atoms with Crippen molar-refractivity contribution in [2.45, 2.75) is 44.4 Å². The average molecular weight is 540 g/mol. The summed E-state index contributed by atoms with van der Waals surface area (Å²) in [5, 5.41) is 0. The van der Waals surface area contributed by atoms with Gasteiger partial charge in [0.15, 0.2) is 6.61 Å². The standard InChI is InChI=1S/C29H37N3O5S/c1-21-14-22(2)18-31(17-21)38(35,36)25-8-9-27-26(16-25)32(29(34)20-37-27)19-28(33)30-12-10-24(11-13-30)15-23-6-4-3-5-7-23/h3-9,16,21-22,24H,10-15,17-20H2,1-2H3/t21-,22-/m0/s1. The maximum Gasteiger partial charge on any atom is 0.265 e. The van der Waals surface area contributed by atoms with Gasteiger partial charge < -0.3 is 9.64 Å². The van der Waals surface area contributed by atoms with Crippen LogP contribution in [0.2, 0.25) is 0 Å². The molecule has 204 valence electrons. The van der Waals surface area contributed by atoms with Crippen LogP contribution >= 0.6 is 0 Å². The lowest BCUT2D eigenvalue weighted by molar-refractivity contribution is -0.133. The van der Waals surface area contributed by atoms with Crippen molar-refractivity contribution in [3.05, 3.63) is 54.1 Å². The molecule has 0 bridgehead atoms. The Hall–Kier alpha value is -2.91. The van der Waals surface area contributed by atoms with Crippen molar-refractivity contribution in [3.8, 4) is 5.75 Å². The smallest absolute Gasteiger partial charge is 0.265 e. The largest absolute Gasteiger partial charge is 0.482 e. The second-order valence-electron chi connectivity index (χ2n) is 11.2. The Balaban J connectivity index is 1.28. The summed E-state index contributed by atoms with van der Waals surface area (Å²) in [4.78, 5) is 29.4. The zero-order chi connectivity index (χ0) is 26.9. The lowest BCUT2D eigenvalue weighted by Crippen LogP contribution is -2.48. The molecule has 2 aromatic carbocycles. The first-order valence-corrected chi connectivity index (χ1v) is 15.0. The Morgan fingerprint density at radius 2 is 1.68 bits per heavy atom. The fourth-order valence-electron chi connectivity index (χ4n) is 6.04. The number of hydrogen-bond donors (Lipinski definition) is 0. The maximum atomic E-state index is 13.5. The molecule has 3 aliphatic rings. The van der Waals surface area contributed by atoms with Crippen LogP contribution in [-0.4, -0.2) is 68.8 Å². The summed E-state index contributed by atoms with van der Waals surface area (Å²) in [6, 6.07) is 15.0. The molecule has 38 heavy (non-hydrogen) atoms. The van der Waals surface area contributed by atoms with Crippen LogP contribution in [0, 0.1) is 17.8 Å². The Bertz CT molecular complexity index is 1260. The summed E-state index contributed by atoms with van der Waals surface area (Å²) in [5.41, 5.74) is 1.65. The molecule has 2 aromatic rings. The first-order chi connectivity index (χ1) is 18.2. The highest BCUT2D eigenvalue weighted by Crippen LogP contribution is 2.36. The molecule has 2 atom stereocenters. The Kier molecular flexibility index (Phi) is 7.77. The highest BCUT2D eigenvalue weighted by atomic mass is 32.2. The fraction of sp³-hybridized carbons (Fsp3) is 0.517. The van der Waals surface area contributed by atoms with E-state index < -0.39 is 10.0 Å². The summed E-state index contributed by atoms with van der Waals surface area (Å²) in [6.45, 7) is 6.09. The second kappa shape index (κ2) is 11.1. The van der Waals surface area contributed by atoms with Gasteiger partial charge in [-0.1, -0.05) is 44.2 Å². The second-order valence-corrected chi connectivity index (χ2v) is 13.1. The van der Waals surface area contributed by atoms with Crippen molar-refractivity contribution >= 4 is 27.5 Å². The number of piperidine rings is 2. The summed E-state index contributed by atoms with van der Waals surface area (Å²) in [7, 11) is -3.74. The van der Waals surface area contributed by atoms with Crippen LogP contribution < -0.4 is 9.64 Å². The topological polar surface area (TPSA) is 87.2 Å². The van der Waals surface area contributed by atoms with E-state index in [1.54, 1.807) is 6.07 Å². The van der Waals surface area contributed by atoms with E-state index in [0.717, 1.165) is 25.7 Å². The Labute approximate surface area is 225 Å². The molecule has 0 saturated carbocycles. The van der Waals surface area contributed by atoms with Gasteiger partial charge in [0, 0.05) is 26.2 Å². The molecule has 3 aliphatic heterocycles. The average Bonchev–Trinajstić information content (AvgIpc) is 2.90. The maximum absolute atomic E-state index is 13.5. The normalized spacial score (nSPS) is 23.2. The van der Waals surface area contributed by atoms with E-state index in [2.05, 4.69) is 38.1 Å². The minimum absolute atomic E-state index is 0.120. The molecule has 0 radical (unpaired) electrons. The van der Waals surface area contributed by atoms with E-state index in [4.69, 9.17) is 4.74 Å². The van der Waals surface area contributed by atoms with Crippen LogP contribution in [0.25, 0.3) is 0 Å². The molecule has 2 saturated heterocycles.